The fourth-order valence-corrected chi connectivity index (χ4v) is 1.94. The summed E-state index contributed by atoms with van der Waals surface area (Å²) in [5, 5.41) is 8.49. The molecule has 0 N–H and O–H groups in total. The number of hydrogen-bond acceptors (Lipinski definition) is 2. The summed E-state index contributed by atoms with van der Waals surface area (Å²) in [7, 11) is 0. The van der Waals surface area contributed by atoms with E-state index in [0.717, 1.165) is 5.56 Å². The molecule has 0 aliphatic rings. The molecule has 0 radical (unpaired) electrons. The minimum Gasteiger partial charge on any atom is -0.244 e. The maximum atomic E-state index is 12.9. The zero-order valence-corrected chi connectivity index (χ0v) is 10.7. The van der Waals surface area contributed by atoms with E-state index in [0.29, 0.717) is 0 Å². The van der Waals surface area contributed by atoms with Gasteiger partial charge in [0.2, 0.25) is 0 Å². The highest BCUT2D eigenvalue weighted by atomic mass is 19.1. The summed E-state index contributed by atoms with van der Waals surface area (Å²) in [5.74, 6) is -0.238. The highest BCUT2D eigenvalue weighted by Gasteiger charge is 2.09. The summed E-state index contributed by atoms with van der Waals surface area (Å²) in [4.78, 5) is 0. The van der Waals surface area contributed by atoms with Gasteiger partial charge in [-0.2, -0.15) is 10.2 Å². The topological polar surface area (TPSA) is 35.6 Å². The van der Waals surface area contributed by atoms with Crippen LogP contribution in [0.3, 0.4) is 0 Å². The minimum atomic E-state index is -0.238. The highest BCUT2D eigenvalue weighted by molar-refractivity contribution is 5.49. The molecule has 5 heteroatoms. The summed E-state index contributed by atoms with van der Waals surface area (Å²) in [6.07, 6.45) is 10.9. The SMILES string of the molecule is Fc1ccc(/C=C/C(n2cccn2)n2cccn2)cc1. The number of allylic oxidation sites excluding steroid dienone is 1. The molecule has 0 aliphatic carbocycles. The summed E-state index contributed by atoms with van der Waals surface area (Å²) in [6.45, 7) is 0. The van der Waals surface area contributed by atoms with E-state index >= 15 is 0 Å². The Bertz CT molecular complexity index is 635. The van der Waals surface area contributed by atoms with E-state index in [1.807, 2.05) is 36.7 Å². The fourth-order valence-electron chi connectivity index (χ4n) is 1.94. The molecular weight excluding hydrogens is 255 g/mol. The van der Waals surface area contributed by atoms with Crippen LogP contribution in [-0.4, -0.2) is 19.6 Å². The van der Waals surface area contributed by atoms with Crippen molar-refractivity contribution in [3.05, 3.63) is 78.6 Å². The van der Waals surface area contributed by atoms with Crippen LogP contribution in [-0.2, 0) is 0 Å². The van der Waals surface area contributed by atoms with Crippen molar-refractivity contribution in [3.63, 3.8) is 0 Å². The second-order valence-electron chi connectivity index (χ2n) is 4.30. The molecule has 2 heterocycles. The predicted octanol–water partition coefficient (Wildman–Crippen LogP) is 2.98. The van der Waals surface area contributed by atoms with Gasteiger partial charge in [-0.05, 0) is 35.9 Å². The zero-order valence-electron chi connectivity index (χ0n) is 10.7. The summed E-state index contributed by atoms with van der Waals surface area (Å²) in [5.41, 5.74) is 0.927. The minimum absolute atomic E-state index is 0.148. The van der Waals surface area contributed by atoms with Crippen LogP contribution in [0.15, 0.2) is 67.3 Å². The second-order valence-corrected chi connectivity index (χ2v) is 4.30. The zero-order chi connectivity index (χ0) is 13.8. The van der Waals surface area contributed by atoms with E-state index in [1.165, 1.54) is 12.1 Å². The van der Waals surface area contributed by atoms with Crippen molar-refractivity contribution in [2.24, 2.45) is 0 Å². The van der Waals surface area contributed by atoms with E-state index in [-0.39, 0.29) is 12.0 Å². The molecule has 0 saturated heterocycles. The molecule has 3 aromatic rings. The van der Waals surface area contributed by atoms with Gasteiger partial charge in [-0.3, -0.25) is 0 Å². The lowest BCUT2D eigenvalue weighted by Gasteiger charge is -2.14. The van der Waals surface area contributed by atoms with Crippen LogP contribution >= 0.6 is 0 Å². The molecule has 3 rings (SSSR count). The van der Waals surface area contributed by atoms with Crippen LogP contribution in [0.5, 0.6) is 0 Å². The Morgan fingerprint density at radius 3 is 2.05 bits per heavy atom. The fraction of sp³-hybridized carbons (Fsp3) is 0.0667. The molecule has 0 unspecified atom stereocenters. The first kappa shape index (κ1) is 12.3. The third-order valence-corrected chi connectivity index (χ3v) is 2.92. The number of nitrogens with zero attached hydrogens (tertiary/aromatic N) is 4. The molecule has 20 heavy (non-hydrogen) atoms. The molecule has 0 saturated carbocycles. The lowest BCUT2D eigenvalue weighted by Crippen LogP contribution is -2.16. The molecular formula is C15H13FN4. The van der Waals surface area contributed by atoms with Gasteiger partial charge in [0, 0.05) is 24.8 Å². The van der Waals surface area contributed by atoms with Crippen molar-refractivity contribution in [2.75, 3.05) is 0 Å². The van der Waals surface area contributed by atoms with Crippen LogP contribution in [0.2, 0.25) is 0 Å². The Morgan fingerprint density at radius 2 is 1.55 bits per heavy atom. The number of hydrogen-bond donors (Lipinski definition) is 0. The van der Waals surface area contributed by atoms with Gasteiger partial charge in [0.15, 0.2) is 6.17 Å². The lowest BCUT2D eigenvalue weighted by molar-refractivity contribution is 0.433. The van der Waals surface area contributed by atoms with E-state index in [4.69, 9.17) is 0 Å². The Kier molecular flexibility index (Phi) is 3.41. The van der Waals surface area contributed by atoms with Gasteiger partial charge in [0.1, 0.15) is 5.82 Å². The summed E-state index contributed by atoms with van der Waals surface area (Å²) in [6, 6.07) is 10.1. The molecule has 0 aliphatic heterocycles. The summed E-state index contributed by atoms with van der Waals surface area (Å²) >= 11 is 0. The number of halogens is 1. The van der Waals surface area contributed by atoms with Crippen LogP contribution < -0.4 is 0 Å². The van der Waals surface area contributed by atoms with Gasteiger partial charge in [0.05, 0.1) is 0 Å². The van der Waals surface area contributed by atoms with Gasteiger partial charge in [-0.25, -0.2) is 13.8 Å². The Balaban J connectivity index is 1.89. The molecule has 0 bridgehead atoms. The molecule has 0 amide bonds. The predicted molar refractivity (Wildman–Crippen MR) is 74.3 cm³/mol. The molecule has 2 aromatic heterocycles. The average molecular weight is 268 g/mol. The second kappa shape index (κ2) is 5.52. The van der Waals surface area contributed by atoms with Crippen molar-refractivity contribution < 1.29 is 4.39 Å². The quantitative estimate of drug-likeness (QED) is 0.729. The van der Waals surface area contributed by atoms with Crippen molar-refractivity contribution in [1.82, 2.24) is 19.6 Å². The normalized spacial score (nSPS) is 11.5. The van der Waals surface area contributed by atoms with Crippen molar-refractivity contribution in [1.29, 1.82) is 0 Å². The van der Waals surface area contributed by atoms with Crippen LogP contribution in [0.25, 0.3) is 6.08 Å². The molecule has 0 spiro atoms. The first-order valence-electron chi connectivity index (χ1n) is 6.25. The number of rotatable bonds is 4. The Hall–Kier alpha value is -2.69. The van der Waals surface area contributed by atoms with Gasteiger partial charge in [-0.1, -0.05) is 18.2 Å². The maximum absolute atomic E-state index is 12.9. The van der Waals surface area contributed by atoms with E-state index in [9.17, 15) is 4.39 Å². The number of benzene rings is 1. The van der Waals surface area contributed by atoms with Crippen LogP contribution in [0.4, 0.5) is 4.39 Å². The van der Waals surface area contributed by atoms with Crippen molar-refractivity contribution in [2.45, 2.75) is 6.17 Å². The molecule has 4 nitrogen and oxygen atoms in total. The van der Waals surface area contributed by atoms with Gasteiger partial charge >= 0.3 is 0 Å². The Labute approximate surface area is 115 Å². The van der Waals surface area contributed by atoms with E-state index < -0.39 is 0 Å². The molecule has 0 atom stereocenters. The smallest absolute Gasteiger partial charge is 0.162 e. The third kappa shape index (κ3) is 2.66. The average Bonchev–Trinajstić information content (AvgIpc) is 3.14. The molecule has 100 valence electrons. The maximum Gasteiger partial charge on any atom is 0.162 e. The molecule has 1 aromatic carbocycles. The summed E-state index contributed by atoms with van der Waals surface area (Å²) < 4.78 is 16.5. The van der Waals surface area contributed by atoms with Gasteiger partial charge in [0.25, 0.3) is 0 Å². The third-order valence-electron chi connectivity index (χ3n) is 2.92. The van der Waals surface area contributed by atoms with Gasteiger partial charge < -0.3 is 0 Å². The first-order chi connectivity index (χ1) is 9.83. The van der Waals surface area contributed by atoms with Crippen LogP contribution in [0.1, 0.15) is 11.7 Å². The van der Waals surface area contributed by atoms with Crippen LogP contribution in [0, 0.1) is 5.82 Å². The lowest BCUT2D eigenvalue weighted by atomic mass is 10.2. The first-order valence-corrected chi connectivity index (χ1v) is 6.25. The largest absolute Gasteiger partial charge is 0.244 e. The van der Waals surface area contributed by atoms with Gasteiger partial charge in [-0.15, -0.1) is 0 Å². The van der Waals surface area contributed by atoms with E-state index in [1.54, 1.807) is 33.9 Å². The molecule has 0 fully saturated rings. The number of aromatic nitrogens is 4. The van der Waals surface area contributed by atoms with E-state index in [2.05, 4.69) is 10.2 Å². The standard InChI is InChI=1S/C15H13FN4/c16-14-6-3-13(4-7-14)5-8-15(19-11-1-9-17-19)20-12-2-10-18-20/h1-12,15H/b8-5+. The highest BCUT2D eigenvalue weighted by Crippen LogP contribution is 2.13. The monoisotopic (exact) mass is 268 g/mol. The Morgan fingerprint density at radius 1 is 0.950 bits per heavy atom. The van der Waals surface area contributed by atoms with Crippen molar-refractivity contribution in [3.8, 4) is 0 Å². The van der Waals surface area contributed by atoms with Crippen molar-refractivity contribution >= 4 is 6.08 Å².